The SMILES string of the molecule is CC(c1ccccc1F)N(CC(=O)Nc1ccccc1C(=O)NC1CC1)C1CC1. The molecule has 5 nitrogen and oxygen atoms in total. The Hall–Kier alpha value is -2.73. The van der Waals surface area contributed by atoms with Crippen LogP contribution in [0.5, 0.6) is 0 Å². The van der Waals surface area contributed by atoms with E-state index in [0.29, 0.717) is 16.8 Å². The van der Waals surface area contributed by atoms with Crippen LogP contribution in [0.4, 0.5) is 10.1 Å². The second kappa shape index (κ2) is 8.33. The average Bonchev–Trinajstić information content (AvgIpc) is 3.61. The van der Waals surface area contributed by atoms with Crippen LogP contribution in [-0.4, -0.2) is 35.3 Å². The van der Waals surface area contributed by atoms with Crippen molar-refractivity contribution in [2.45, 2.75) is 50.7 Å². The van der Waals surface area contributed by atoms with Crippen LogP contribution in [0, 0.1) is 5.82 Å². The first kappa shape index (κ1) is 19.6. The van der Waals surface area contributed by atoms with E-state index >= 15 is 0 Å². The first-order chi connectivity index (χ1) is 14.0. The van der Waals surface area contributed by atoms with Gasteiger partial charge in [0.15, 0.2) is 0 Å². The van der Waals surface area contributed by atoms with E-state index in [-0.39, 0.29) is 42.3 Å². The van der Waals surface area contributed by atoms with Gasteiger partial charge in [-0.15, -0.1) is 0 Å². The second-order valence-corrected chi connectivity index (χ2v) is 7.94. The first-order valence-electron chi connectivity index (χ1n) is 10.2. The molecule has 2 saturated carbocycles. The lowest BCUT2D eigenvalue weighted by atomic mass is 10.1. The van der Waals surface area contributed by atoms with Crippen LogP contribution in [0.2, 0.25) is 0 Å². The van der Waals surface area contributed by atoms with E-state index in [2.05, 4.69) is 10.6 Å². The molecule has 6 heteroatoms. The summed E-state index contributed by atoms with van der Waals surface area (Å²) in [5.41, 5.74) is 1.56. The molecule has 29 heavy (non-hydrogen) atoms. The molecule has 2 fully saturated rings. The topological polar surface area (TPSA) is 61.4 Å². The van der Waals surface area contributed by atoms with Crippen LogP contribution in [0.15, 0.2) is 48.5 Å². The van der Waals surface area contributed by atoms with Crippen LogP contribution in [0.3, 0.4) is 0 Å². The van der Waals surface area contributed by atoms with Gasteiger partial charge in [0, 0.05) is 23.7 Å². The van der Waals surface area contributed by atoms with Crippen molar-refractivity contribution in [3.05, 3.63) is 65.5 Å². The number of benzene rings is 2. The van der Waals surface area contributed by atoms with E-state index in [1.807, 2.05) is 17.9 Å². The van der Waals surface area contributed by atoms with Crippen LogP contribution >= 0.6 is 0 Å². The Labute approximate surface area is 170 Å². The van der Waals surface area contributed by atoms with Crippen LogP contribution in [-0.2, 0) is 4.79 Å². The standard InChI is InChI=1S/C23H26FN3O2/c1-15(18-6-2-4-8-20(18)24)27(17-12-13-17)14-22(28)26-21-9-5-3-7-19(21)23(29)25-16-10-11-16/h2-9,15-17H,10-14H2,1H3,(H,25,29)(H,26,28). The van der Waals surface area contributed by atoms with Gasteiger partial charge in [-0.2, -0.15) is 0 Å². The van der Waals surface area contributed by atoms with Crippen molar-refractivity contribution in [1.82, 2.24) is 10.2 Å². The molecule has 0 spiro atoms. The van der Waals surface area contributed by atoms with Gasteiger partial charge in [0.2, 0.25) is 5.91 Å². The van der Waals surface area contributed by atoms with Crippen molar-refractivity contribution >= 4 is 17.5 Å². The lowest BCUT2D eigenvalue weighted by Gasteiger charge is -2.29. The van der Waals surface area contributed by atoms with E-state index in [4.69, 9.17) is 0 Å². The highest BCUT2D eigenvalue weighted by molar-refractivity contribution is 6.04. The number of carbonyl (C=O) groups excluding carboxylic acids is 2. The van der Waals surface area contributed by atoms with Crippen molar-refractivity contribution in [2.24, 2.45) is 0 Å². The Morgan fingerprint density at radius 2 is 1.76 bits per heavy atom. The highest BCUT2D eigenvalue weighted by atomic mass is 19.1. The van der Waals surface area contributed by atoms with Crippen LogP contribution < -0.4 is 10.6 Å². The summed E-state index contributed by atoms with van der Waals surface area (Å²) in [6, 6.07) is 14.1. The molecule has 0 bridgehead atoms. The number of hydrogen-bond acceptors (Lipinski definition) is 3. The number of rotatable bonds is 8. The highest BCUT2D eigenvalue weighted by Crippen LogP contribution is 2.35. The van der Waals surface area contributed by atoms with Gasteiger partial charge in [-0.1, -0.05) is 30.3 Å². The highest BCUT2D eigenvalue weighted by Gasteiger charge is 2.35. The molecule has 2 aliphatic carbocycles. The summed E-state index contributed by atoms with van der Waals surface area (Å²) in [5.74, 6) is -0.623. The monoisotopic (exact) mass is 395 g/mol. The van der Waals surface area contributed by atoms with Crippen molar-refractivity contribution < 1.29 is 14.0 Å². The summed E-state index contributed by atoms with van der Waals surface area (Å²) in [6.07, 6.45) is 4.02. The molecule has 2 aromatic rings. The van der Waals surface area contributed by atoms with E-state index in [9.17, 15) is 14.0 Å². The number of amides is 2. The zero-order chi connectivity index (χ0) is 20.4. The number of hydrogen-bond donors (Lipinski definition) is 2. The summed E-state index contributed by atoms with van der Waals surface area (Å²) in [4.78, 5) is 27.3. The first-order valence-corrected chi connectivity index (χ1v) is 10.2. The zero-order valence-electron chi connectivity index (χ0n) is 16.5. The summed E-state index contributed by atoms with van der Waals surface area (Å²) in [6.45, 7) is 2.08. The Bertz CT molecular complexity index is 909. The van der Waals surface area contributed by atoms with Gasteiger partial charge in [0.25, 0.3) is 5.91 Å². The number of nitrogens with one attached hydrogen (secondary N) is 2. The van der Waals surface area contributed by atoms with E-state index in [0.717, 1.165) is 25.7 Å². The predicted octanol–water partition coefficient (Wildman–Crippen LogP) is 3.88. The predicted molar refractivity (Wildman–Crippen MR) is 110 cm³/mol. The fourth-order valence-corrected chi connectivity index (χ4v) is 3.62. The van der Waals surface area contributed by atoms with Crippen LogP contribution in [0.25, 0.3) is 0 Å². The number of para-hydroxylation sites is 1. The minimum absolute atomic E-state index is 0.152. The molecule has 1 atom stereocenters. The van der Waals surface area contributed by atoms with Gasteiger partial charge < -0.3 is 10.6 Å². The molecule has 4 rings (SSSR count). The smallest absolute Gasteiger partial charge is 0.253 e. The lowest BCUT2D eigenvalue weighted by molar-refractivity contribution is -0.118. The van der Waals surface area contributed by atoms with E-state index in [1.165, 1.54) is 6.07 Å². The largest absolute Gasteiger partial charge is 0.349 e. The minimum Gasteiger partial charge on any atom is -0.349 e. The van der Waals surface area contributed by atoms with Gasteiger partial charge in [0.1, 0.15) is 5.82 Å². The van der Waals surface area contributed by atoms with E-state index < -0.39 is 0 Å². The zero-order valence-corrected chi connectivity index (χ0v) is 16.5. The number of nitrogens with zero attached hydrogens (tertiary/aromatic N) is 1. The fourth-order valence-electron chi connectivity index (χ4n) is 3.62. The van der Waals surface area contributed by atoms with Gasteiger partial charge in [0.05, 0.1) is 17.8 Å². The van der Waals surface area contributed by atoms with Crippen molar-refractivity contribution in [3.8, 4) is 0 Å². The lowest BCUT2D eigenvalue weighted by Crippen LogP contribution is -2.37. The van der Waals surface area contributed by atoms with Gasteiger partial charge in [-0.25, -0.2) is 4.39 Å². The minimum atomic E-state index is -0.256. The molecule has 0 heterocycles. The third kappa shape index (κ3) is 4.82. The Morgan fingerprint density at radius 3 is 2.45 bits per heavy atom. The quantitative estimate of drug-likeness (QED) is 0.713. The number of carbonyl (C=O) groups is 2. The van der Waals surface area contributed by atoms with Gasteiger partial charge in [-0.3, -0.25) is 14.5 Å². The maximum Gasteiger partial charge on any atom is 0.253 e. The summed E-state index contributed by atoms with van der Waals surface area (Å²) in [7, 11) is 0. The molecule has 2 N–H and O–H groups in total. The Morgan fingerprint density at radius 1 is 1.07 bits per heavy atom. The molecule has 1 unspecified atom stereocenters. The molecule has 2 amide bonds. The molecule has 2 aliphatic rings. The fraction of sp³-hybridized carbons (Fsp3) is 0.391. The Balaban J connectivity index is 1.45. The normalized spacial score (nSPS) is 17.1. The van der Waals surface area contributed by atoms with Gasteiger partial charge in [-0.05, 0) is 50.8 Å². The third-order valence-electron chi connectivity index (χ3n) is 5.55. The van der Waals surface area contributed by atoms with Crippen molar-refractivity contribution in [2.75, 3.05) is 11.9 Å². The number of halogens is 1. The maximum absolute atomic E-state index is 14.2. The molecule has 0 aromatic heterocycles. The van der Waals surface area contributed by atoms with Gasteiger partial charge >= 0.3 is 0 Å². The number of anilines is 1. The molecule has 0 aliphatic heterocycles. The molecular weight excluding hydrogens is 369 g/mol. The van der Waals surface area contributed by atoms with Crippen LogP contribution in [0.1, 0.15) is 54.6 Å². The van der Waals surface area contributed by atoms with Crippen molar-refractivity contribution in [1.29, 1.82) is 0 Å². The second-order valence-electron chi connectivity index (χ2n) is 7.94. The maximum atomic E-state index is 14.2. The molecule has 0 saturated heterocycles. The molecule has 0 radical (unpaired) electrons. The molecular formula is C23H26FN3O2. The third-order valence-corrected chi connectivity index (χ3v) is 5.55. The average molecular weight is 395 g/mol. The summed E-state index contributed by atoms with van der Waals surface area (Å²) >= 11 is 0. The summed E-state index contributed by atoms with van der Waals surface area (Å²) < 4.78 is 14.2. The molecule has 2 aromatic carbocycles. The molecule has 152 valence electrons. The Kier molecular flexibility index (Phi) is 5.62. The van der Waals surface area contributed by atoms with E-state index in [1.54, 1.807) is 36.4 Å². The summed E-state index contributed by atoms with van der Waals surface area (Å²) in [5, 5.41) is 5.84. The van der Waals surface area contributed by atoms with Crippen molar-refractivity contribution in [3.63, 3.8) is 0 Å².